The van der Waals surface area contributed by atoms with Gasteiger partial charge in [0.05, 0.1) is 22.0 Å². The molecule has 0 aromatic heterocycles. The van der Waals surface area contributed by atoms with E-state index in [4.69, 9.17) is 9.47 Å². The van der Waals surface area contributed by atoms with E-state index in [-0.39, 0.29) is 24.3 Å². The standard InChI is InChI=1S/C18H15NO6S/c1-11-2-5-13(6-3-11)26-16-7-4-12(10-14(16)19(22)23)17(20)25-15-8-9-24-18(15)21/h2-7,10,15H,8-9H2,1H3/t15-/m0/s1. The van der Waals surface area contributed by atoms with Crippen LogP contribution in [0.15, 0.2) is 52.3 Å². The van der Waals surface area contributed by atoms with E-state index < -0.39 is 23.0 Å². The summed E-state index contributed by atoms with van der Waals surface area (Å²) in [7, 11) is 0. The molecule has 0 aliphatic carbocycles. The van der Waals surface area contributed by atoms with Gasteiger partial charge in [-0.05, 0) is 31.2 Å². The van der Waals surface area contributed by atoms with E-state index in [9.17, 15) is 19.7 Å². The van der Waals surface area contributed by atoms with Crippen LogP contribution in [0.4, 0.5) is 5.69 Å². The molecule has 8 heteroatoms. The van der Waals surface area contributed by atoms with Gasteiger partial charge in [-0.2, -0.15) is 0 Å². The van der Waals surface area contributed by atoms with Gasteiger partial charge >= 0.3 is 11.9 Å². The molecule has 2 aromatic carbocycles. The molecule has 7 nitrogen and oxygen atoms in total. The molecule has 0 N–H and O–H groups in total. The first-order valence-electron chi connectivity index (χ1n) is 7.84. The Kier molecular flexibility index (Phi) is 5.22. The van der Waals surface area contributed by atoms with E-state index in [1.807, 2.05) is 31.2 Å². The number of nitro benzene ring substituents is 1. The number of nitro groups is 1. The summed E-state index contributed by atoms with van der Waals surface area (Å²) in [6, 6.07) is 11.7. The average molecular weight is 373 g/mol. The second kappa shape index (κ2) is 7.57. The van der Waals surface area contributed by atoms with Gasteiger partial charge in [0.1, 0.15) is 0 Å². The Morgan fingerprint density at radius 2 is 2.00 bits per heavy atom. The van der Waals surface area contributed by atoms with Gasteiger partial charge in [0.25, 0.3) is 5.69 Å². The van der Waals surface area contributed by atoms with Crippen molar-refractivity contribution in [2.45, 2.75) is 29.2 Å². The molecule has 1 heterocycles. The van der Waals surface area contributed by atoms with Gasteiger partial charge in [0, 0.05) is 17.4 Å². The number of aryl methyl sites for hydroxylation is 1. The lowest BCUT2D eigenvalue weighted by molar-refractivity contribution is -0.387. The Bertz CT molecular complexity index is 864. The van der Waals surface area contributed by atoms with Crippen molar-refractivity contribution in [1.82, 2.24) is 0 Å². The maximum atomic E-state index is 12.2. The first kappa shape index (κ1) is 17.9. The van der Waals surface area contributed by atoms with Crippen molar-refractivity contribution in [3.05, 3.63) is 63.7 Å². The second-order valence-electron chi connectivity index (χ2n) is 5.70. The Morgan fingerprint density at radius 3 is 2.62 bits per heavy atom. The zero-order chi connectivity index (χ0) is 18.7. The predicted octanol–water partition coefficient (Wildman–Crippen LogP) is 3.53. The Labute approximate surface area is 153 Å². The van der Waals surface area contributed by atoms with Crippen LogP contribution in [-0.4, -0.2) is 29.6 Å². The van der Waals surface area contributed by atoms with Gasteiger partial charge in [0.2, 0.25) is 6.10 Å². The van der Waals surface area contributed by atoms with Crippen LogP contribution in [0.5, 0.6) is 0 Å². The first-order chi connectivity index (χ1) is 12.4. The lowest BCUT2D eigenvalue weighted by atomic mass is 10.2. The number of carbonyl (C=O) groups is 2. The molecular weight excluding hydrogens is 358 g/mol. The highest BCUT2D eigenvalue weighted by Crippen LogP contribution is 2.35. The molecule has 1 saturated heterocycles. The minimum atomic E-state index is -0.955. The SMILES string of the molecule is Cc1ccc(Sc2ccc(C(=O)O[C@H]3CCOC3=O)cc2[N+](=O)[O-])cc1. The van der Waals surface area contributed by atoms with E-state index in [1.54, 1.807) is 0 Å². The van der Waals surface area contributed by atoms with E-state index in [2.05, 4.69) is 0 Å². The minimum Gasteiger partial charge on any atom is -0.463 e. The summed E-state index contributed by atoms with van der Waals surface area (Å²) in [6.45, 7) is 2.15. The highest BCUT2D eigenvalue weighted by molar-refractivity contribution is 7.99. The third-order valence-corrected chi connectivity index (χ3v) is 4.85. The number of hydrogen-bond acceptors (Lipinski definition) is 7. The topological polar surface area (TPSA) is 95.7 Å². The molecule has 1 atom stereocenters. The van der Waals surface area contributed by atoms with Crippen LogP contribution in [0.3, 0.4) is 0 Å². The number of benzene rings is 2. The third-order valence-electron chi connectivity index (χ3n) is 3.78. The van der Waals surface area contributed by atoms with Gasteiger partial charge in [0.15, 0.2) is 0 Å². The first-order valence-corrected chi connectivity index (χ1v) is 8.66. The molecule has 1 aliphatic heterocycles. The zero-order valence-corrected chi connectivity index (χ0v) is 14.7. The number of ether oxygens (including phenoxy) is 2. The maximum Gasteiger partial charge on any atom is 0.347 e. The van der Waals surface area contributed by atoms with Crippen molar-refractivity contribution in [1.29, 1.82) is 0 Å². The fourth-order valence-corrected chi connectivity index (χ4v) is 3.29. The molecule has 0 amide bonds. The molecule has 0 saturated carbocycles. The number of carbonyl (C=O) groups excluding carboxylic acids is 2. The summed E-state index contributed by atoms with van der Waals surface area (Å²) < 4.78 is 9.80. The summed E-state index contributed by atoms with van der Waals surface area (Å²) in [5, 5.41) is 11.4. The molecular formula is C18H15NO6S. The number of esters is 2. The molecule has 0 spiro atoms. The summed E-state index contributed by atoms with van der Waals surface area (Å²) in [6.07, 6.45) is -0.670. The minimum absolute atomic E-state index is 0.0182. The van der Waals surface area contributed by atoms with Crippen molar-refractivity contribution in [2.24, 2.45) is 0 Å². The zero-order valence-electron chi connectivity index (χ0n) is 13.8. The molecule has 0 radical (unpaired) electrons. The van der Waals surface area contributed by atoms with Crippen LogP contribution in [0.25, 0.3) is 0 Å². The summed E-state index contributed by atoms with van der Waals surface area (Å²) in [5.41, 5.74) is 0.913. The van der Waals surface area contributed by atoms with Crippen LogP contribution in [0.2, 0.25) is 0 Å². The highest BCUT2D eigenvalue weighted by Gasteiger charge is 2.31. The molecule has 3 rings (SSSR count). The van der Waals surface area contributed by atoms with Crippen molar-refractivity contribution < 1.29 is 24.0 Å². The van der Waals surface area contributed by atoms with Crippen molar-refractivity contribution in [2.75, 3.05) is 6.61 Å². The molecule has 1 fully saturated rings. The molecule has 134 valence electrons. The second-order valence-corrected chi connectivity index (χ2v) is 6.82. The molecule has 0 unspecified atom stereocenters. The van der Waals surface area contributed by atoms with Crippen LogP contribution < -0.4 is 0 Å². The molecule has 26 heavy (non-hydrogen) atoms. The van der Waals surface area contributed by atoms with Gasteiger partial charge in [-0.15, -0.1) is 0 Å². The van der Waals surface area contributed by atoms with Gasteiger partial charge in [-0.1, -0.05) is 29.5 Å². The fraction of sp³-hybridized carbons (Fsp3) is 0.222. The van der Waals surface area contributed by atoms with Gasteiger partial charge in [-0.3, -0.25) is 10.1 Å². The van der Waals surface area contributed by atoms with Gasteiger partial charge < -0.3 is 9.47 Å². The van der Waals surface area contributed by atoms with Gasteiger partial charge in [-0.25, -0.2) is 9.59 Å². The van der Waals surface area contributed by atoms with E-state index in [1.165, 1.54) is 30.0 Å². The maximum absolute atomic E-state index is 12.2. The fourth-order valence-electron chi connectivity index (χ4n) is 2.39. The molecule has 2 aromatic rings. The average Bonchev–Trinajstić information content (AvgIpc) is 3.01. The normalized spacial score (nSPS) is 16.2. The number of cyclic esters (lactones) is 1. The quantitative estimate of drug-likeness (QED) is 0.449. The number of hydrogen-bond donors (Lipinski definition) is 0. The summed E-state index contributed by atoms with van der Waals surface area (Å²) in [4.78, 5) is 35.7. The Balaban J connectivity index is 1.82. The Morgan fingerprint density at radius 1 is 1.27 bits per heavy atom. The van der Waals surface area contributed by atoms with Crippen molar-refractivity contribution >= 4 is 29.4 Å². The predicted molar refractivity (Wildman–Crippen MR) is 93.2 cm³/mol. The summed E-state index contributed by atoms with van der Waals surface area (Å²) >= 11 is 1.24. The number of nitrogens with zero attached hydrogens (tertiary/aromatic N) is 1. The lowest BCUT2D eigenvalue weighted by Gasteiger charge is -2.09. The van der Waals surface area contributed by atoms with E-state index >= 15 is 0 Å². The summed E-state index contributed by atoms with van der Waals surface area (Å²) in [5.74, 6) is -1.39. The lowest BCUT2D eigenvalue weighted by Crippen LogP contribution is -2.22. The molecule has 0 bridgehead atoms. The van der Waals surface area contributed by atoms with Crippen LogP contribution >= 0.6 is 11.8 Å². The monoisotopic (exact) mass is 373 g/mol. The van der Waals surface area contributed by atoms with E-state index in [0.29, 0.717) is 4.90 Å². The largest absolute Gasteiger partial charge is 0.463 e. The van der Waals surface area contributed by atoms with Crippen LogP contribution in [0.1, 0.15) is 22.3 Å². The smallest absolute Gasteiger partial charge is 0.347 e. The van der Waals surface area contributed by atoms with Crippen molar-refractivity contribution in [3.8, 4) is 0 Å². The third kappa shape index (κ3) is 4.02. The highest BCUT2D eigenvalue weighted by atomic mass is 32.2. The van der Waals surface area contributed by atoms with Crippen LogP contribution in [-0.2, 0) is 14.3 Å². The van der Waals surface area contributed by atoms with Crippen molar-refractivity contribution in [3.63, 3.8) is 0 Å². The Hall–Kier alpha value is -2.87. The van der Waals surface area contributed by atoms with E-state index in [0.717, 1.165) is 10.5 Å². The number of rotatable bonds is 5. The van der Waals surface area contributed by atoms with Crippen LogP contribution in [0, 0.1) is 17.0 Å². The molecule has 1 aliphatic rings.